The fourth-order valence-corrected chi connectivity index (χ4v) is 5.47. The molecule has 2 aliphatic rings. The van der Waals surface area contributed by atoms with E-state index >= 15 is 0 Å². The Hall–Kier alpha value is -1.99. The minimum Gasteiger partial charge on any atom is -0.352 e. The van der Waals surface area contributed by atoms with Crippen LogP contribution < -0.4 is 5.32 Å². The first-order valence-electron chi connectivity index (χ1n) is 10.5. The maximum atomic E-state index is 13.3. The molecule has 4 rings (SSSR count). The van der Waals surface area contributed by atoms with E-state index in [-0.39, 0.29) is 5.91 Å². The Kier molecular flexibility index (Phi) is 5.62. The molecule has 1 N–H and O–H groups in total. The summed E-state index contributed by atoms with van der Waals surface area (Å²) >= 11 is 0. The van der Waals surface area contributed by atoms with E-state index in [1.807, 2.05) is 24.3 Å². The van der Waals surface area contributed by atoms with Crippen LogP contribution in [0.2, 0.25) is 0 Å². The number of pyridine rings is 1. The lowest BCUT2D eigenvalue weighted by Gasteiger charge is -2.30. The second-order valence-corrected chi connectivity index (χ2v) is 10.6. The van der Waals surface area contributed by atoms with Gasteiger partial charge in [-0.15, -0.1) is 0 Å². The van der Waals surface area contributed by atoms with Gasteiger partial charge in [0.05, 0.1) is 17.3 Å². The third-order valence-corrected chi connectivity index (χ3v) is 7.63. The molecule has 1 atom stereocenters. The molecular formula is C22H29N3O3S. The molecule has 1 aliphatic carbocycles. The number of para-hydroxylation sites is 1. The Balaban J connectivity index is 1.52. The van der Waals surface area contributed by atoms with Gasteiger partial charge < -0.3 is 5.32 Å². The summed E-state index contributed by atoms with van der Waals surface area (Å²) in [5.41, 5.74) is 3.83. The zero-order valence-corrected chi connectivity index (χ0v) is 18.0. The summed E-state index contributed by atoms with van der Waals surface area (Å²) in [4.78, 5) is 18.1. The zero-order valence-electron chi connectivity index (χ0n) is 17.1. The molecule has 1 aromatic heterocycles. The molecule has 1 amide bonds. The molecule has 0 bridgehead atoms. The molecule has 156 valence electrons. The smallest absolute Gasteiger partial charge is 0.252 e. The number of carbonyl (C=O) groups excluding carboxylic acids is 1. The fraction of sp³-hybridized carbons (Fsp3) is 0.545. The van der Waals surface area contributed by atoms with Crippen LogP contribution in [0.15, 0.2) is 24.3 Å². The molecule has 7 heteroatoms. The molecule has 2 aromatic rings. The van der Waals surface area contributed by atoms with Gasteiger partial charge in [-0.3, -0.25) is 9.78 Å². The predicted molar refractivity (Wildman–Crippen MR) is 114 cm³/mol. The van der Waals surface area contributed by atoms with Gasteiger partial charge in [-0.25, -0.2) is 12.7 Å². The molecular weight excluding hydrogens is 386 g/mol. The monoisotopic (exact) mass is 415 g/mol. The number of rotatable bonds is 4. The van der Waals surface area contributed by atoms with Crippen molar-refractivity contribution < 1.29 is 13.2 Å². The number of aryl methyl sites for hydroxylation is 1. The Labute approximate surface area is 172 Å². The highest BCUT2D eigenvalue weighted by Gasteiger charge is 2.27. The largest absolute Gasteiger partial charge is 0.352 e. The van der Waals surface area contributed by atoms with Gasteiger partial charge in [0.25, 0.3) is 5.91 Å². The van der Waals surface area contributed by atoms with Gasteiger partial charge >= 0.3 is 0 Å². The highest BCUT2D eigenvalue weighted by molar-refractivity contribution is 7.88. The van der Waals surface area contributed by atoms with Crippen LogP contribution in [-0.2, 0) is 22.9 Å². The molecule has 1 aromatic carbocycles. The number of hydrogen-bond acceptors (Lipinski definition) is 4. The zero-order chi connectivity index (χ0) is 20.6. The van der Waals surface area contributed by atoms with Crippen molar-refractivity contribution in [1.29, 1.82) is 0 Å². The van der Waals surface area contributed by atoms with Crippen molar-refractivity contribution in [3.8, 4) is 0 Å². The first-order valence-corrected chi connectivity index (χ1v) is 12.3. The van der Waals surface area contributed by atoms with E-state index in [1.54, 1.807) is 0 Å². The lowest BCUT2D eigenvalue weighted by Crippen LogP contribution is -2.41. The van der Waals surface area contributed by atoms with Gasteiger partial charge in [-0.1, -0.05) is 25.1 Å². The average molecular weight is 416 g/mol. The summed E-state index contributed by atoms with van der Waals surface area (Å²) in [6, 6.07) is 7.89. The second-order valence-electron chi connectivity index (χ2n) is 8.59. The Morgan fingerprint density at radius 1 is 1.21 bits per heavy atom. The van der Waals surface area contributed by atoms with Gasteiger partial charge in [-0.2, -0.15) is 0 Å². The normalized spacial score (nSPS) is 21.1. The predicted octanol–water partition coefficient (Wildman–Crippen LogP) is 2.76. The Bertz CT molecular complexity index is 1030. The third kappa shape index (κ3) is 4.31. The van der Waals surface area contributed by atoms with E-state index in [1.165, 1.54) is 10.6 Å². The number of amides is 1. The Morgan fingerprint density at radius 2 is 1.93 bits per heavy atom. The highest BCUT2D eigenvalue weighted by Crippen LogP contribution is 2.31. The van der Waals surface area contributed by atoms with Gasteiger partial charge in [0.15, 0.2) is 0 Å². The molecule has 0 saturated carbocycles. The average Bonchev–Trinajstić information content (AvgIpc) is 2.70. The van der Waals surface area contributed by atoms with Gasteiger partial charge in [0, 0.05) is 30.7 Å². The summed E-state index contributed by atoms with van der Waals surface area (Å²) < 4.78 is 24.9. The van der Waals surface area contributed by atoms with Crippen LogP contribution in [0, 0.1) is 11.8 Å². The number of benzene rings is 1. The third-order valence-electron chi connectivity index (χ3n) is 6.33. The van der Waals surface area contributed by atoms with Crippen molar-refractivity contribution in [2.75, 3.05) is 25.9 Å². The van der Waals surface area contributed by atoms with Crippen LogP contribution in [0.3, 0.4) is 0 Å². The van der Waals surface area contributed by atoms with Gasteiger partial charge in [-0.05, 0) is 55.6 Å². The SMILES string of the molecule is CC1CCc2nc3ccccc3c(C(=O)NCC3CCN(S(C)(=O)=O)CC3)c2C1. The van der Waals surface area contributed by atoms with E-state index in [0.29, 0.717) is 31.5 Å². The molecule has 2 heterocycles. The molecule has 0 spiro atoms. The van der Waals surface area contributed by atoms with E-state index in [0.717, 1.165) is 59.8 Å². The van der Waals surface area contributed by atoms with E-state index in [9.17, 15) is 13.2 Å². The van der Waals surface area contributed by atoms with Crippen molar-refractivity contribution in [2.45, 2.75) is 39.0 Å². The van der Waals surface area contributed by atoms with Crippen LogP contribution >= 0.6 is 0 Å². The second kappa shape index (κ2) is 8.03. The van der Waals surface area contributed by atoms with Crippen molar-refractivity contribution in [1.82, 2.24) is 14.6 Å². The molecule has 1 fully saturated rings. The molecule has 6 nitrogen and oxygen atoms in total. The maximum Gasteiger partial charge on any atom is 0.252 e. The van der Waals surface area contributed by atoms with E-state index in [4.69, 9.17) is 4.98 Å². The quantitative estimate of drug-likeness (QED) is 0.833. The summed E-state index contributed by atoms with van der Waals surface area (Å²) in [6.07, 6.45) is 5.74. The van der Waals surface area contributed by atoms with E-state index < -0.39 is 10.0 Å². The number of hydrogen-bond donors (Lipinski definition) is 1. The molecule has 0 radical (unpaired) electrons. The summed E-state index contributed by atoms with van der Waals surface area (Å²) in [7, 11) is -3.12. The van der Waals surface area contributed by atoms with Gasteiger partial charge in [0.2, 0.25) is 10.0 Å². The first kappa shape index (κ1) is 20.3. The number of nitrogens with one attached hydrogen (secondary N) is 1. The lowest BCUT2D eigenvalue weighted by molar-refractivity contribution is 0.0941. The number of fused-ring (bicyclic) bond motifs is 2. The number of carbonyl (C=O) groups is 1. The van der Waals surface area contributed by atoms with Crippen LogP contribution in [0.1, 0.15) is 47.8 Å². The topological polar surface area (TPSA) is 79.4 Å². The Morgan fingerprint density at radius 3 is 2.66 bits per heavy atom. The summed E-state index contributed by atoms with van der Waals surface area (Å²) in [5, 5.41) is 4.07. The summed E-state index contributed by atoms with van der Waals surface area (Å²) in [5.74, 6) is 0.830. The molecule has 1 unspecified atom stereocenters. The van der Waals surface area contributed by atoms with Crippen molar-refractivity contribution >= 4 is 26.8 Å². The molecule has 29 heavy (non-hydrogen) atoms. The first-order chi connectivity index (χ1) is 13.8. The van der Waals surface area contributed by atoms with Gasteiger partial charge in [0.1, 0.15) is 0 Å². The minimum atomic E-state index is -3.12. The van der Waals surface area contributed by atoms with Crippen LogP contribution in [0.5, 0.6) is 0 Å². The highest BCUT2D eigenvalue weighted by atomic mass is 32.2. The van der Waals surface area contributed by atoms with Crippen molar-refractivity contribution in [3.63, 3.8) is 0 Å². The standard InChI is InChI=1S/C22H29N3O3S/c1-15-7-8-20-18(13-15)21(17-5-3-4-6-19(17)24-20)22(26)23-14-16-9-11-25(12-10-16)29(2,27)28/h3-6,15-16H,7-14H2,1-2H3,(H,23,26). The fourth-order valence-electron chi connectivity index (χ4n) is 4.59. The molecule has 1 saturated heterocycles. The van der Waals surface area contributed by atoms with Crippen molar-refractivity contribution in [2.24, 2.45) is 11.8 Å². The number of aromatic nitrogens is 1. The van der Waals surface area contributed by atoms with E-state index in [2.05, 4.69) is 12.2 Å². The van der Waals surface area contributed by atoms with Crippen LogP contribution in [0.25, 0.3) is 10.9 Å². The van der Waals surface area contributed by atoms with Crippen molar-refractivity contribution in [3.05, 3.63) is 41.1 Å². The van der Waals surface area contributed by atoms with Crippen LogP contribution in [0.4, 0.5) is 0 Å². The number of sulfonamides is 1. The number of nitrogens with zero attached hydrogens (tertiary/aromatic N) is 2. The van der Waals surface area contributed by atoms with Crippen LogP contribution in [-0.4, -0.2) is 49.5 Å². The summed E-state index contributed by atoms with van der Waals surface area (Å²) in [6.45, 7) is 3.88. The minimum absolute atomic E-state index is 0.0282. The lowest BCUT2D eigenvalue weighted by atomic mass is 9.84. The number of piperidine rings is 1. The maximum absolute atomic E-state index is 13.3. The molecule has 1 aliphatic heterocycles.